The molecule has 0 amide bonds. The lowest BCUT2D eigenvalue weighted by Crippen LogP contribution is -1.97. The third kappa shape index (κ3) is 6.03. The van der Waals surface area contributed by atoms with Crippen molar-refractivity contribution in [3.63, 3.8) is 0 Å². The van der Waals surface area contributed by atoms with E-state index in [4.69, 9.17) is 16.6 Å². The highest BCUT2D eigenvalue weighted by atomic mass is 35.5. The number of aromatic nitrogens is 3. The first-order valence-electron chi connectivity index (χ1n) is 17.4. The largest absolute Gasteiger partial charge is 0.354 e. The number of benzene rings is 7. The van der Waals surface area contributed by atoms with Crippen LogP contribution >= 0.6 is 11.6 Å². The van der Waals surface area contributed by atoms with E-state index in [0.717, 1.165) is 63.2 Å². The van der Waals surface area contributed by atoms with Crippen molar-refractivity contribution in [1.82, 2.24) is 14.5 Å². The van der Waals surface area contributed by atoms with E-state index in [9.17, 15) is 0 Å². The minimum Gasteiger partial charge on any atom is -0.354 e. The molecule has 0 radical (unpaired) electrons. The molecule has 51 heavy (non-hydrogen) atoms. The molecule has 0 saturated heterocycles. The summed E-state index contributed by atoms with van der Waals surface area (Å²) < 4.78 is 2.23. The monoisotopic (exact) mass is 675 g/mol. The molecule has 0 unspecified atom stereocenters. The Kier molecular flexibility index (Phi) is 8.04. The zero-order valence-corrected chi connectivity index (χ0v) is 28.7. The van der Waals surface area contributed by atoms with Gasteiger partial charge in [-0.05, 0) is 100 Å². The Morgan fingerprint density at radius 2 is 1.10 bits per heavy atom. The maximum Gasteiger partial charge on any atom is 0.145 e. The summed E-state index contributed by atoms with van der Waals surface area (Å²) in [6, 6.07) is 61.8. The Morgan fingerprint density at radius 3 is 1.82 bits per heavy atom. The van der Waals surface area contributed by atoms with Crippen molar-refractivity contribution in [2.45, 2.75) is 12.8 Å². The van der Waals surface area contributed by atoms with E-state index in [0.29, 0.717) is 5.02 Å². The van der Waals surface area contributed by atoms with Crippen LogP contribution in [0.3, 0.4) is 0 Å². The Morgan fingerprint density at radius 1 is 0.510 bits per heavy atom. The van der Waals surface area contributed by atoms with Crippen molar-refractivity contribution in [2.75, 3.05) is 0 Å². The predicted molar refractivity (Wildman–Crippen MR) is 214 cm³/mol. The molecule has 2 heterocycles. The van der Waals surface area contributed by atoms with Crippen LogP contribution in [0, 0.1) is 0 Å². The molecule has 2 aromatic heterocycles. The van der Waals surface area contributed by atoms with E-state index < -0.39 is 0 Å². The lowest BCUT2D eigenvalue weighted by Gasteiger charge is -2.11. The van der Waals surface area contributed by atoms with E-state index in [-0.39, 0.29) is 0 Å². The van der Waals surface area contributed by atoms with Crippen LogP contribution in [0.15, 0.2) is 176 Å². The summed E-state index contributed by atoms with van der Waals surface area (Å²) >= 11 is 6.77. The fourth-order valence-electron chi connectivity index (χ4n) is 7.24. The number of fused-ring (bicyclic) bond motifs is 2. The van der Waals surface area contributed by atoms with E-state index in [1.807, 2.05) is 24.3 Å². The molecule has 4 heteroatoms. The van der Waals surface area contributed by atoms with Crippen molar-refractivity contribution in [1.29, 1.82) is 0 Å². The highest BCUT2D eigenvalue weighted by molar-refractivity contribution is 6.31. The summed E-state index contributed by atoms with van der Waals surface area (Å²) in [5.74, 6) is 0.916. The Labute approximate surface area is 302 Å². The van der Waals surface area contributed by atoms with Gasteiger partial charge in [-0.25, -0.2) is 4.98 Å². The average molecular weight is 676 g/mol. The van der Waals surface area contributed by atoms with Crippen molar-refractivity contribution < 1.29 is 0 Å². The van der Waals surface area contributed by atoms with Crippen LogP contribution in [0.25, 0.3) is 72.5 Å². The molecule has 0 fully saturated rings. The van der Waals surface area contributed by atoms with Crippen molar-refractivity contribution in [3.05, 3.63) is 192 Å². The number of hydrogen-bond acceptors (Lipinski definition) is 1. The molecule has 0 aliphatic carbocycles. The molecule has 7 aromatic carbocycles. The highest BCUT2D eigenvalue weighted by Gasteiger charge is 2.16. The van der Waals surface area contributed by atoms with Gasteiger partial charge in [0.1, 0.15) is 5.82 Å². The summed E-state index contributed by atoms with van der Waals surface area (Å²) in [5.41, 5.74) is 14.8. The van der Waals surface area contributed by atoms with Gasteiger partial charge in [0.15, 0.2) is 0 Å². The molecule has 9 aromatic rings. The minimum absolute atomic E-state index is 0.709. The summed E-state index contributed by atoms with van der Waals surface area (Å²) in [4.78, 5) is 8.76. The van der Waals surface area contributed by atoms with Crippen LogP contribution in [0.4, 0.5) is 0 Å². The normalized spacial score (nSPS) is 11.4. The molecular weight excluding hydrogens is 642 g/mol. The second kappa shape index (κ2) is 13.3. The SMILES string of the molecule is Clc1cc(-c2ccc(-c3[nH]c4ccccc4c3CCc3ccccc3)cc2)cc(-c2ccc(-c3nc4ccccc4n3-c3ccccc3)cc2)c1. The third-order valence-corrected chi connectivity index (χ3v) is 9.99. The molecule has 9 rings (SSSR count). The summed E-state index contributed by atoms with van der Waals surface area (Å²) in [7, 11) is 0. The maximum absolute atomic E-state index is 6.77. The first-order chi connectivity index (χ1) is 25.2. The lowest BCUT2D eigenvalue weighted by molar-refractivity contribution is 0.970. The van der Waals surface area contributed by atoms with Crippen LogP contribution in [-0.2, 0) is 12.8 Å². The van der Waals surface area contributed by atoms with Crippen LogP contribution < -0.4 is 0 Å². The molecule has 0 spiro atoms. The van der Waals surface area contributed by atoms with Gasteiger partial charge in [0.25, 0.3) is 0 Å². The van der Waals surface area contributed by atoms with E-state index in [1.165, 1.54) is 33.3 Å². The van der Waals surface area contributed by atoms with Crippen molar-refractivity contribution >= 4 is 33.5 Å². The second-order valence-corrected chi connectivity index (χ2v) is 13.4. The number of aryl methyl sites for hydroxylation is 2. The maximum atomic E-state index is 6.77. The number of aromatic amines is 1. The van der Waals surface area contributed by atoms with Crippen LogP contribution in [0.2, 0.25) is 5.02 Å². The quantitative estimate of drug-likeness (QED) is 0.171. The molecule has 244 valence electrons. The molecule has 0 aliphatic heterocycles. The second-order valence-electron chi connectivity index (χ2n) is 13.0. The van der Waals surface area contributed by atoms with Crippen molar-refractivity contribution in [3.8, 4) is 50.6 Å². The topological polar surface area (TPSA) is 33.6 Å². The fraction of sp³-hybridized carbons (Fsp3) is 0.0426. The zero-order valence-electron chi connectivity index (χ0n) is 27.9. The van der Waals surface area contributed by atoms with Crippen molar-refractivity contribution in [2.24, 2.45) is 0 Å². The molecule has 0 bridgehead atoms. The number of imidazole rings is 1. The Hall–Kier alpha value is -6.16. The minimum atomic E-state index is 0.709. The van der Waals surface area contributed by atoms with Crippen LogP contribution in [0.5, 0.6) is 0 Å². The van der Waals surface area contributed by atoms with Gasteiger partial charge in [-0.1, -0.05) is 139 Å². The fourth-order valence-corrected chi connectivity index (χ4v) is 7.48. The van der Waals surface area contributed by atoms with Gasteiger partial charge in [0.2, 0.25) is 0 Å². The standard InChI is InChI=1S/C47H34ClN3/c48-39-30-37(33-20-24-35(25-21-33)46-42(28-19-32-11-3-1-4-12-32)41-15-7-8-16-43(41)49-46)29-38(31-39)34-22-26-36(27-23-34)47-50-44-17-9-10-18-45(44)51(47)40-13-5-2-6-14-40/h1-18,20-27,29-31,49H,19,28H2. The summed E-state index contributed by atoms with van der Waals surface area (Å²) in [5, 5.41) is 2.00. The summed E-state index contributed by atoms with van der Waals surface area (Å²) in [6.45, 7) is 0. The van der Waals surface area contributed by atoms with Crippen LogP contribution in [0.1, 0.15) is 11.1 Å². The molecule has 0 aliphatic rings. The first kappa shape index (κ1) is 30.9. The number of para-hydroxylation sites is 4. The van der Waals surface area contributed by atoms with Gasteiger partial charge in [0, 0.05) is 32.9 Å². The van der Waals surface area contributed by atoms with E-state index in [1.54, 1.807) is 0 Å². The van der Waals surface area contributed by atoms with Gasteiger partial charge in [-0.2, -0.15) is 0 Å². The zero-order chi connectivity index (χ0) is 34.1. The number of hydrogen-bond donors (Lipinski definition) is 1. The number of H-pyrrole nitrogens is 1. The molecule has 0 atom stereocenters. The van der Waals surface area contributed by atoms with Gasteiger partial charge in [-0.15, -0.1) is 0 Å². The van der Waals surface area contributed by atoms with Gasteiger partial charge in [0.05, 0.1) is 11.0 Å². The summed E-state index contributed by atoms with van der Waals surface area (Å²) in [6.07, 6.45) is 1.96. The van der Waals surface area contributed by atoms with Gasteiger partial charge < -0.3 is 4.98 Å². The average Bonchev–Trinajstić information content (AvgIpc) is 3.77. The number of nitrogens with zero attached hydrogens (tertiary/aromatic N) is 2. The number of halogens is 1. The number of rotatable bonds is 8. The Bertz CT molecular complexity index is 2620. The van der Waals surface area contributed by atoms with E-state index >= 15 is 0 Å². The Balaban J connectivity index is 1.02. The lowest BCUT2D eigenvalue weighted by atomic mass is 9.95. The smallest absolute Gasteiger partial charge is 0.145 e. The molecule has 3 nitrogen and oxygen atoms in total. The van der Waals surface area contributed by atoms with Gasteiger partial charge >= 0.3 is 0 Å². The predicted octanol–water partition coefficient (Wildman–Crippen LogP) is 12.6. The molecule has 0 saturated carbocycles. The first-order valence-corrected chi connectivity index (χ1v) is 17.7. The molecular formula is C47H34ClN3. The van der Waals surface area contributed by atoms with Gasteiger partial charge in [-0.3, -0.25) is 4.57 Å². The third-order valence-electron chi connectivity index (χ3n) is 9.78. The highest BCUT2D eigenvalue weighted by Crippen LogP contribution is 2.36. The molecule has 1 N–H and O–H groups in total. The number of nitrogens with one attached hydrogen (secondary N) is 1. The van der Waals surface area contributed by atoms with Crippen LogP contribution in [-0.4, -0.2) is 14.5 Å². The van der Waals surface area contributed by atoms with E-state index in [2.05, 4.69) is 161 Å².